The van der Waals surface area contributed by atoms with Crippen LogP contribution < -0.4 is 10.2 Å². The summed E-state index contributed by atoms with van der Waals surface area (Å²) in [7, 11) is 0. The third-order valence-electron chi connectivity index (χ3n) is 6.22. The maximum atomic E-state index is 14.9. The largest absolute Gasteiger partial charge is 0.378 e. The molecule has 1 aliphatic rings. The lowest BCUT2D eigenvalue weighted by Gasteiger charge is -2.29. The van der Waals surface area contributed by atoms with Crippen LogP contribution in [0.2, 0.25) is 0 Å². The maximum absolute atomic E-state index is 14.9. The van der Waals surface area contributed by atoms with Crippen LogP contribution in [-0.2, 0) is 4.74 Å². The van der Waals surface area contributed by atoms with Crippen molar-refractivity contribution in [2.45, 2.75) is 33.6 Å². The van der Waals surface area contributed by atoms with Crippen molar-refractivity contribution in [2.75, 3.05) is 36.5 Å². The molecule has 0 saturated carbocycles. The molecule has 0 atom stereocenters. The molecule has 1 saturated heterocycles. The Balaban J connectivity index is 1.69. The number of benzene rings is 2. The average molecular weight is 490 g/mol. The molecule has 0 radical (unpaired) electrons. The third kappa shape index (κ3) is 5.39. The van der Waals surface area contributed by atoms with Crippen molar-refractivity contribution in [1.82, 2.24) is 4.98 Å². The van der Waals surface area contributed by atoms with E-state index in [-0.39, 0.29) is 23.0 Å². The summed E-state index contributed by atoms with van der Waals surface area (Å²) in [6, 6.07) is 9.17. The first kappa shape index (κ1) is 25.3. The van der Waals surface area contributed by atoms with Gasteiger partial charge in [0.05, 0.1) is 24.6 Å². The minimum atomic E-state index is -0.550. The van der Waals surface area contributed by atoms with Crippen LogP contribution in [0.1, 0.15) is 53.9 Å². The number of halogens is 2. The number of aryl methyl sites for hydroxylation is 1. The van der Waals surface area contributed by atoms with Gasteiger partial charge in [-0.25, -0.2) is 13.8 Å². The van der Waals surface area contributed by atoms with E-state index in [9.17, 15) is 13.6 Å². The lowest BCUT2D eigenvalue weighted by Crippen LogP contribution is -2.36. The molecule has 36 heavy (non-hydrogen) atoms. The van der Waals surface area contributed by atoms with Gasteiger partial charge >= 0.3 is 0 Å². The van der Waals surface area contributed by atoms with Gasteiger partial charge in [-0.1, -0.05) is 19.8 Å². The zero-order valence-electron chi connectivity index (χ0n) is 20.9. The highest BCUT2D eigenvalue weighted by molar-refractivity contribution is 6.04. The van der Waals surface area contributed by atoms with Crippen molar-refractivity contribution in [3.8, 4) is 23.0 Å². The van der Waals surface area contributed by atoms with Crippen molar-refractivity contribution in [2.24, 2.45) is 0 Å². The number of aromatic nitrogens is 1. The molecular weight excluding hydrogens is 460 g/mol. The number of hydrogen-bond donors (Lipinski definition) is 1. The molecule has 4 rings (SSSR count). The summed E-state index contributed by atoms with van der Waals surface area (Å²) in [5, 5.41) is 2.65. The second kappa shape index (κ2) is 10.9. The minimum Gasteiger partial charge on any atom is -0.378 e. The van der Waals surface area contributed by atoms with E-state index in [1.807, 2.05) is 26.8 Å². The molecule has 1 amide bonds. The number of ether oxygens (including phenoxy) is 1. The Morgan fingerprint density at radius 1 is 1.11 bits per heavy atom. The molecule has 0 aliphatic carbocycles. The van der Waals surface area contributed by atoms with E-state index in [4.69, 9.17) is 4.74 Å². The van der Waals surface area contributed by atoms with Crippen LogP contribution in [0.25, 0.3) is 11.1 Å². The number of nitrogens with zero attached hydrogens (tertiary/aromatic N) is 2. The number of hydrogen-bond acceptors (Lipinski definition) is 4. The third-order valence-corrected chi connectivity index (χ3v) is 6.22. The van der Waals surface area contributed by atoms with Gasteiger partial charge in [-0.15, -0.1) is 0 Å². The predicted octanol–water partition coefficient (Wildman–Crippen LogP) is 5.92. The minimum absolute atomic E-state index is 0.0429. The number of nitrogens with one attached hydrogen (secondary N) is 1. The molecule has 1 aromatic heterocycles. The Morgan fingerprint density at radius 3 is 2.56 bits per heavy atom. The van der Waals surface area contributed by atoms with Gasteiger partial charge in [0.2, 0.25) is 0 Å². The van der Waals surface area contributed by atoms with Gasteiger partial charge in [0.25, 0.3) is 5.91 Å². The molecule has 2 heterocycles. The number of anilines is 2. The van der Waals surface area contributed by atoms with E-state index in [1.165, 1.54) is 24.3 Å². The molecular formula is C29H29F2N3O2. The van der Waals surface area contributed by atoms with E-state index in [0.717, 1.165) is 29.9 Å². The molecule has 1 N–H and O–H groups in total. The summed E-state index contributed by atoms with van der Waals surface area (Å²) in [6.07, 6.45) is 1.71. The second-order valence-corrected chi connectivity index (χ2v) is 9.06. The molecule has 7 heteroatoms. The van der Waals surface area contributed by atoms with E-state index in [1.54, 1.807) is 19.2 Å². The second-order valence-electron chi connectivity index (χ2n) is 9.06. The lowest BCUT2D eigenvalue weighted by atomic mass is 9.98. The molecule has 0 unspecified atom stereocenters. The molecule has 1 fully saturated rings. The first-order valence-electron chi connectivity index (χ1n) is 11.9. The van der Waals surface area contributed by atoms with E-state index < -0.39 is 11.7 Å². The van der Waals surface area contributed by atoms with Gasteiger partial charge in [0, 0.05) is 30.4 Å². The standard InChI is InChI=1S/C29H29F2N3O2/c1-5-6-26-28(34-9-11-36-12-10-34)15-21(17-32-26)23-16-27(25(31)13-19(23)4)33-29(35)20-7-8-24(30)22(14-20)18(2)3/h7-8,13-18H,9-12H2,1-4H3,(H,33,35). The van der Waals surface area contributed by atoms with Gasteiger partial charge in [-0.3, -0.25) is 4.79 Å². The smallest absolute Gasteiger partial charge is 0.255 e. The zero-order chi connectivity index (χ0) is 25.8. The summed E-state index contributed by atoms with van der Waals surface area (Å²) < 4.78 is 34.5. The van der Waals surface area contributed by atoms with Gasteiger partial charge in [-0.2, -0.15) is 0 Å². The predicted molar refractivity (Wildman–Crippen MR) is 138 cm³/mol. The first-order chi connectivity index (χ1) is 17.3. The SMILES string of the molecule is CC#Cc1ncc(-c2cc(NC(=O)c3ccc(F)c(C(C)C)c3)c(F)cc2C)cc1N1CCOCC1. The molecule has 0 bridgehead atoms. The van der Waals surface area contributed by atoms with Crippen molar-refractivity contribution in [3.63, 3.8) is 0 Å². The van der Waals surface area contributed by atoms with Crippen LogP contribution in [0.5, 0.6) is 0 Å². The summed E-state index contributed by atoms with van der Waals surface area (Å²) in [5.41, 5.74) is 4.55. The Morgan fingerprint density at radius 2 is 1.86 bits per heavy atom. The summed E-state index contributed by atoms with van der Waals surface area (Å²) in [6.45, 7) is 9.97. The quantitative estimate of drug-likeness (QED) is 0.452. The number of carbonyl (C=O) groups excluding carboxylic acids is 1. The Bertz CT molecular complexity index is 1350. The number of morpholine rings is 1. The normalized spacial score (nSPS) is 13.4. The molecule has 186 valence electrons. The Kier molecular flexibility index (Phi) is 7.66. The van der Waals surface area contributed by atoms with Crippen molar-refractivity contribution < 1.29 is 18.3 Å². The fourth-order valence-electron chi connectivity index (χ4n) is 4.26. The van der Waals surface area contributed by atoms with Crippen molar-refractivity contribution >= 4 is 17.3 Å². The Hall–Kier alpha value is -3.76. The first-order valence-corrected chi connectivity index (χ1v) is 11.9. The summed E-state index contributed by atoms with van der Waals surface area (Å²) in [5.74, 6) is 4.45. The van der Waals surface area contributed by atoms with E-state index >= 15 is 0 Å². The Labute approximate surface area is 210 Å². The van der Waals surface area contributed by atoms with Crippen LogP contribution in [0.15, 0.2) is 42.6 Å². The van der Waals surface area contributed by atoms with Crippen molar-refractivity contribution in [1.29, 1.82) is 0 Å². The summed E-state index contributed by atoms with van der Waals surface area (Å²) >= 11 is 0. The van der Waals surface area contributed by atoms with Crippen LogP contribution in [0.3, 0.4) is 0 Å². The topological polar surface area (TPSA) is 54.5 Å². The van der Waals surface area contributed by atoms with Crippen molar-refractivity contribution in [3.05, 3.63) is 76.6 Å². The highest BCUT2D eigenvalue weighted by atomic mass is 19.1. The molecule has 0 spiro atoms. The fourth-order valence-corrected chi connectivity index (χ4v) is 4.26. The van der Waals surface area contributed by atoms with Crippen LogP contribution >= 0.6 is 0 Å². The highest BCUT2D eigenvalue weighted by Crippen LogP contribution is 2.32. The van der Waals surface area contributed by atoms with Gasteiger partial charge in [-0.05, 0) is 78.8 Å². The zero-order valence-corrected chi connectivity index (χ0v) is 20.9. The van der Waals surface area contributed by atoms with Gasteiger partial charge in [0.1, 0.15) is 17.3 Å². The monoisotopic (exact) mass is 489 g/mol. The van der Waals surface area contributed by atoms with Crippen LogP contribution in [0.4, 0.5) is 20.2 Å². The molecule has 2 aromatic carbocycles. The number of rotatable bonds is 5. The van der Waals surface area contributed by atoms with E-state index in [0.29, 0.717) is 30.0 Å². The number of carbonyl (C=O) groups is 1. The lowest BCUT2D eigenvalue weighted by molar-refractivity contribution is 0.102. The fraction of sp³-hybridized carbons (Fsp3) is 0.310. The van der Waals surface area contributed by atoms with Crippen LogP contribution in [0, 0.1) is 30.4 Å². The van der Waals surface area contributed by atoms with Crippen LogP contribution in [-0.4, -0.2) is 37.2 Å². The van der Waals surface area contributed by atoms with Gasteiger partial charge in [0.15, 0.2) is 0 Å². The highest BCUT2D eigenvalue weighted by Gasteiger charge is 2.19. The average Bonchev–Trinajstić information content (AvgIpc) is 2.86. The maximum Gasteiger partial charge on any atom is 0.255 e. The molecule has 5 nitrogen and oxygen atoms in total. The summed E-state index contributed by atoms with van der Waals surface area (Å²) in [4.78, 5) is 19.7. The van der Waals surface area contributed by atoms with E-state index in [2.05, 4.69) is 27.0 Å². The number of pyridine rings is 1. The van der Waals surface area contributed by atoms with Gasteiger partial charge < -0.3 is 15.0 Å². The number of amides is 1. The molecule has 3 aromatic rings. The molecule has 1 aliphatic heterocycles.